The highest BCUT2D eigenvalue weighted by molar-refractivity contribution is 7.10. The van der Waals surface area contributed by atoms with E-state index in [0.717, 1.165) is 35.3 Å². The number of anilines is 1. The number of nitrogens with zero attached hydrogens (tertiary/aromatic N) is 2. The fraction of sp³-hybridized carbons (Fsp3) is 0.400. The molecule has 6 nitrogen and oxygen atoms in total. The van der Waals surface area contributed by atoms with E-state index in [0.29, 0.717) is 30.4 Å². The first kappa shape index (κ1) is 28.0. The van der Waals surface area contributed by atoms with E-state index in [4.69, 9.17) is 16.3 Å². The van der Waals surface area contributed by atoms with Crippen molar-refractivity contribution >= 4 is 40.6 Å². The molecule has 2 heterocycles. The van der Waals surface area contributed by atoms with Gasteiger partial charge >= 0.3 is 6.03 Å². The van der Waals surface area contributed by atoms with E-state index in [2.05, 4.69) is 30.6 Å². The van der Waals surface area contributed by atoms with E-state index in [1.54, 1.807) is 16.2 Å². The van der Waals surface area contributed by atoms with Crippen molar-refractivity contribution in [1.29, 1.82) is 0 Å². The van der Waals surface area contributed by atoms with Crippen LogP contribution in [0.5, 0.6) is 5.75 Å². The molecule has 0 spiro atoms. The van der Waals surface area contributed by atoms with Gasteiger partial charge < -0.3 is 19.9 Å². The first-order valence-corrected chi connectivity index (χ1v) is 14.4. The van der Waals surface area contributed by atoms with Crippen molar-refractivity contribution in [2.45, 2.75) is 46.6 Å². The zero-order valence-electron chi connectivity index (χ0n) is 22.5. The van der Waals surface area contributed by atoms with E-state index < -0.39 is 0 Å². The third kappa shape index (κ3) is 6.88. The first-order chi connectivity index (χ1) is 18.2. The summed E-state index contributed by atoms with van der Waals surface area (Å²) in [5.74, 6) is 0.909. The predicted molar refractivity (Wildman–Crippen MR) is 155 cm³/mol. The van der Waals surface area contributed by atoms with Crippen LogP contribution in [0.4, 0.5) is 10.5 Å². The fourth-order valence-corrected chi connectivity index (χ4v) is 5.62. The molecule has 0 saturated carbocycles. The molecular weight excluding hydrogens is 518 g/mol. The van der Waals surface area contributed by atoms with Gasteiger partial charge in [-0.15, -0.1) is 11.3 Å². The smallest absolute Gasteiger partial charge is 0.322 e. The van der Waals surface area contributed by atoms with Crippen LogP contribution in [-0.2, 0) is 11.2 Å². The molecule has 1 aliphatic heterocycles. The third-order valence-corrected chi connectivity index (χ3v) is 8.52. The van der Waals surface area contributed by atoms with Crippen LogP contribution in [0.15, 0.2) is 53.9 Å². The number of ether oxygens (including phenoxy) is 1. The molecule has 1 N–H and O–H groups in total. The number of nitrogens with one attached hydrogen (secondary N) is 1. The van der Waals surface area contributed by atoms with Gasteiger partial charge in [0.25, 0.3) is 0 Å². The molecule has 0 aliphatic carbocycles. The number of rotatable bonds is 9. The third-order valence-electron chi connectivity index (χ3n) is 7.10. The van der Waals surface area contributed by atoms with Gasteiger partial charge in [-0.1, -0.05) is 49.6 Å². The number of amides is 3. The van der Waals surface area contributed by atoms with Gasteiger partial charge in [0.05, 0.1) is 6.04 Å². The molecule has 2 atom stereocenters. The van der Waals surface area contributed by atoms with Gasteiger partial charge in [-0.25, -0.2) is 4.79 Å². The minimum Gasteiger partial charge on any atom is -0.491 e. The second-order valence-electron chi connectivity index (χ2n) is 10.1. The van der Waals surface area contributed by atoms with Crippen LogP contribution in [0.3, 0.4) is 0 Å². The van der Waals surface area contributed by atoms with Crippen LogP contribution in [0.1, 0.15) is 47.9 Å². The van der Waals surface area contributed by atoms with E-state index >= 15 is 0 Å². The van der Waals surface area contributed by atoms with Gasteiger partial charge in [0.2, 0.25) is 5.91 Å². The number of aryl methyl sites for hydroxylation is 2. The summed E-state index contributed by atoms with van der Waals surface area (Å²) in [6.45, 7) is 9.58. The number of hydrogen-bond donors (Lipinski definition) is 1. The second-order valence-corrected chi connectivity index (χ2v) is 11.5. The van der Waals surface area contributed by atoms with E-state index in [1.807, 2.05) is 61.2 Å². The highest BCUT2D eigenvalue weighted by Gasteiger charge is 2.33. The molecule has 1 aromatic heterocycles. The maximum absolute atomic E-state index is 13.8. The monoisotopic (exact) mass is 553 g/mol. The number of thiophene rings is 1. The predicted octanol–water partition coefficient (Wildman–Crippen LogP) is 7.10. The van der Waals surface area contributed by atoms with Gasteiger partial charge in [0.15, 0.2) is 0 Å². The summed E-state index contributed by atoms with van der Waals surface area (Å²) in [4.78, 5) is 31.8. The van der Waals surface area contributed by atoms with Crippen molar-refractivity contribution in [1.82, 2.24) is 9.80 Å². The van der Waals surface area contributed by atoms with Crippen molar-refractivity contribution in [3.63, 3.8) is 0 Å². The summed E-state index contributed by atoms with van der Waals surface area (Å²) in [6.07, 6.45) is 1.72. The molecule has 0 saturated heterocycles. The number of hydrogen-bond acceptors (Lipinski definition) is 4. The summed E-state index contributed by atoms with van der Waals surface area (Å²) in [5, 5.41) is 5.73. The molecule has 4 rings (SSSR count). The van der Waals surface area contributed by atoms with Gasteiger partial charge in [-0.2, -0.15) is 0 Å². The Bertz CT molecular complexity index is 1260. The molecule has 2 aromatic carbocycles. The van der Waals surface area contributed by atoms with Crippen LogP contribution < -0.4 is 10.1 Å². The molecule has 0 bridgehead atoms. The Hall–Kier alpha value is -3.03. The lowest BCUT2D eigenvalue weighted by atomic mass is 10.00. The molecular formula is C30H36ClN3O3S. The van der Waals surface area contributed by atoms with Crippen LogP contribution in [0, 0.1) is 19.8 Å². The molecule has 1 aliphatic rings. The molecule has 0 fully saturated rings. The van der Waals surface area contributed by atoms with Crippen molar-refractivity contribution in [2.75, 3.05) is 31.6 Å². The van der Waals surface area contributed by atoms with Crippen molar-refractivity contribution < 1.29 is 14.3 Å². The quantitative estimate of drug-likeness (QED) is 0.307. The Balaban J connectivity index is 1.51. The highest BCUT2D eigenvalue weighted by Crippen LogP contribution is 2.34. The van der Waals surface area contributed by atoms with Gasteiger partial charge in [0, 0.05) is 28.7 Å². The van der Waals surface area contributed by atoms with Crippen LogP contribution in [-0.4, -0.2) is 48.0 Å². The van der Waals surface area contributed by atoms with Gasteiger partial charge in [-0.05, 0) is 79.1 Å². The summed E-state index contributed by atoms with van der Waals surface area (Å²) in [6, 6.07) is 14.9. The van der Waals surface area contributed by atoms with Crippen LogP contribution in [0.2, 0.25) is 5.02 Å². The van der Waals surface area contributed by atoms with Crippen LogP contribution in [0.25, 0.3) is 0 Å². The summed E-state index contributed by atoms with van der Waals surface area (Å²) in [5.41, 5.74) is 3.90. The average molecular weight is 554 g/mol. The summed E-state index contributed by atoms with van der Waals surface area (Å²) >= 11 is 7.90. The van der Waals surface area contributed by atoms with Gasteiger partial charge in [0.1, 0.15) is 18.9 Å². The minimum absolute atomic E-state index is 0.0120. The maximum atomic E-state index is 13.8. The molecule has 3 amide bonds. The zero-order valence-corrected chi connectivity index (χ0v) is 24.1. The van der Waals surface area contributed by atoms with Crippen LogP contribution >= 0.6 is 22.9 Å². The standard InChI is InChI=1S/C30H36ClN3O3S/c1-5-20(2)17-33(30(36)32-23-8-6-21(3)7-9-23)18-29(35)34-14-12-28-25(13-15-38-28)27(34)19-37-24-10-11-26(31)22(4)16-24/h6-11,13,15-16,20,27H,5,12,14,17-19H2,1-4H3,(H,32,36)/t20-,27-/m1/s1. The van der Waals surface area contributed by atoms with Gasteiger partial charge in [-0.3, -0.25) is 4.79 Å². The molecule has 8 heteroatoms. The largest absolute Gasteiger partial charge is 0.491 e. The topological polar surface area (TPSA) is 61.9 Å². The molecule has 3 aromatic rings. The fourth-order valence-electron chi connectivity index (χ4n) is 4.57. The zero-order chi connectivity index (χ0) is 27.2. The maximum Gasteiger partial charge on any atom is 0.322 e. The second kappa shape index (κ2) is 12.7. The SMILES string of the molecule is CC[C@@H](C)CN(CC(=O)N1CCc2sccc2[C@H]1COc1ccc(Cl)c(C)c1)C(=O)Nc1ccc(C)cc1. The molecule has 0 unspecified atom stereocenters. The Morgan fingerprint density at radius 3 is 2.66 bits per heavy atom. The Kier molecular flexibility index (Phi) is 9.34. The number of fused-ring (bicyclic) bond motifs is 1. The normalized spacial score (nSPS) is 15.5. The molecule has 0 radical (unpaired) electrons. The Morgan fingerprint density at radius 2 is 1.95 bits per heavy atom. The number of carbonyl (C=O) groups is 2. The summed E-state index contributed by atoms with van der Waals surface area (Å²) in [7, 11) is 0. The Morgan fingerprint density at radius 1 is 1.18 bits per heavy atom. The number of carbonyl (C=O) groups excluding carboxylic acids is 2. The molecule has 202 valence electrons. The lowest BCUT2D eigenvalue weighted by Crippen LogP contribution is -2.49. The van der Waals surface area contributed by atoms with Crippen molar-refractivity contribution in [3.05, 3.63) is 80.5 Å². The number of benzene rings is 2. The number of urea groups is 1. The lowest BCUT2D eigenvalue weighted by Gasteiger charge is -2.37. The molecule has 38 heavy (non-hydrogen) atoms. The highest BCUT2D eigenvalue weighted by atomic mass is 35.5. The van der Waals surface area contributed by atoms with E-state index in [1.165, 1.54) is 4.88 Å². The minimum atomic E-state index is -0.264. The lowest BCUT2D eigenvalue weighted by molar-refractivity contribution is -0.135. The first-order valence-electron chi connectivity index (χ1n) is 13.1. The van der Waals surface area contributed by atoms with Crippen molar-refractivity contribution in [2.24, 2.45) is 5.92 Å². The van der Waals surface area contributed by atoms with E-state index in [9.17, 15) is 9.59 Å². The average Bonchev–Trinajstić information content (AvgIpc) is 3.39. The Labute approximate surface area is 234 Å². The van der Waals surface area contributed by atoms with E-state index in [-0.39, 0.29) is 30.4 Å². The summed E-state index contributed by atoms with van der Waals surface area (Å²) < 4.78 is 6.17. The van der Waals surface area contributed by atoms with Crippen molar-refractivity contribution in [3.8, 4) is 5.75 Å². The number of halogens is 1.